The van der Waals surface area contributed by atoms with Crippen LogP contribution in [0.5, 0.6) is 0 Å². The van der Waals surface area contributed by atoms with Gasteiger partial charge in [-0.1, -0.05) is 35.5 Å². The van der Waals surface area contributed by atoms with E-state index in [0.717, 1.165) is 33.8 Å². The molecule has 0 unspecified atom stereocenters. The predicted octanol–water partition coefficient (Wildman–Crippen LogP) is 4.10. The molecule has 3 rings (SSSR count). The lowest BCUT2D eigenvalue weighted by atomic mass is 9.97. The number of thioether (sulfide) groups is 1. The van der Waals surface area contributed by atoms with Crippen molar-refractivity contribution < 1.29 is 9.59 Å². The number of benzene rings is 1. The molecule has 0 radical (unpaired) electrons. The van der Waals surface area contributed by atoms with E-state index in [1.54, 1.807) is 11.3 Å². The summed E-state index contributed by atoms with van der Waals surface area (Å²) in [5, 5.41) is 5.12. The zero-order valence-electron chi connectivity index (χ0n) is 13.9. The van der Waals surface area contributed by atoms with E-state index in [2.05, 4.69) is 21.7 Å². The molecule has 2 N–H and O–H groups in total. The number of fused-ring (bicyclic) bond motifs is 1. The molecule has 2 aromatic rings. The molecule has 25 heavy (non-hydrogen) atoms. The number of nitrogens with zero attached hydrogens (tertiary/aromatic N) is 1. The van der Waals surface area contributed by atoms with E-state index < -0.39 is 6.03 Å². The zero-order chi connectivity index (χ0) is 17.5. The van der Waals surface area contributed by atoms with Crippen LogP contribution in [0.3, 0.4) is 0 Å². The SMILES string of the molecule is O=C(CSc1nc2ccccc2s1)NC(=O)NCCC1=CCCCC1. The van der Waals surface area contributed by atoms with Crippen LogP contribution in [-0.4, -0.2) is 29.2 Å². The van der Waals surface area contributed by atoms with E-state index >= 15 is 0 Å². The zero-order valence-corrected chi connectivity index (χ0v) is 15.5. The van der Waals surface area contributed by atoms with Crippen molar-refractivity contribution in [2.75, 3.05) is 12.3 Å². The molecule has 1 heterocycles. The third kappa shape index (κ3) is 5.57. The fourth-order valence-corrected chi connectivity index (χ4v) is 4.58. The van der Waals surface area contributed by atoms with Gasteiger partial charge >= 0.3 is 6.03 Å². The first-order valence-electron chi connectivity index (χ1n) is 8.44. The Hall–Kier alpha value is -1.86. The van der Waals surface area contributed by atoms with Gasteiger partial charge < -0.3 is 5.32 Å². The molecule has 0 spiro atoms. The maximum atomic E-state index is 11.9. The molecule has 0 bridgehead atoms. The minimum atomic E-state index is -0.425. The van der Waals surface area contributed by atoms with E-state index in [-0.39, 0.29) is 11.7 Å². The lowest BCUT2D eigenvalue weighted by molar-refractivity contribution is -0.117. The molecule has 7 heteroatoms. The number of carbonyl (C=O) groups is 2. The van der Waals surface area contributed by atoms with E-state index in [1.807, 2.05) is 24.3 Å². The Labute approximate surface area is 155 Å². The highest BCUT2D eigenvalue weighted by atomic mass is 32.2. The van der Waals surface area contributed by atoms with Crippen LogP contribution in [0.1, 0.15) is 32.1 Å². The molecule has 0 atom stereocenters. The second-order valence-corrected chi connectivity index (χ2v) is 8.15. The van der Waals surface area contributed by atoms with Crippen molar-refractivity contribution in [1.82, 2.24) is 15.6 Å². The quantitative estimate of drug-likeness (QED) is 0.589. The summed E-state index contributed by atoms with van der Waals surface area (Å²) in [4.78, 5) is 28.1. The molecule has 1 aliphatic rings. The standard InChI is InChI=1S/C18H21N3O2S2/c22-16(12-24-18-20-14-8-4-5-9-15(14)25-18)21-17(23)19-11-10-13-6-2-1-3-7-13/h4-6,8-9H,1-3,7,10-12H2,(H2,19,21,22,23). The lowest BCUT2D eigenvalue weighted by Gasteiger charge is -2.13. The average molecular weight is 376 g/mol. The fourth-order valence-electron chi connectivity index (χ4n) is 2.72. The van der Waals surface area contributed by atoms with Crippen LogP contribution in [0, 0.1) is 0 Å². The van der Waals surface area contributed by atoms with Crippen molar-refractivity contribution in [2.45, 2.75) is 36.4 Å². The lowest BCUT2D eigenvalue weighted by Crippen LogP contribution is -2.40. The predicted molar refractivity (Wildman–Crippen MR) is 103 cm³/mol. The van der Waals surface area contributed by atoms with Gasteiger partial charge in [0.1, 0.15) is 0 Å². The number of hydrogen-bond acceptors (Lipinski definition) is 5. The maximum absolute atomic E-state index is 11.9. The van der Waals surface area contributed by atoms with Crippen LogP contribution < -0.4 is 10.6 Å². The molecule has 1 aromatic carbocycles. The van der Waals surface area contributed by atoms with Crippen molar-refractivity contribution in [3.8, 4) is 0 Å². The summed E-state index contributed by atoms with van der Waals surface area (Å²) in [5.41, 5.74) is 2.34. The summed E-state index contributed by atoms with van der Waals surface area (Å²) >= 11 is 2.90. The van der Waals surface area contributed by atoms with Crippen LogP contribution in [-0.2, 0) is 4.79 Å². The van der Waals surface area contributed by atoms with Crippen LogP contribution in [0.4, 0.5) is 4.79 Å². The molecular weight excluding hydrogens is 354 g/mol. The number of allylic oxidation sites excluding steroid dienone is 1. The maximum Gasteiger partial charge on any atom is 0.321 e. The topological polar surface area (TPSA) is 71.1 Å². The number of imide groups is 1. The van der Waals surface area contributed by atoms with Crippen LogP contribution in [0.25, 0.3) is 10.2 Å². The van der Waals surface area contributed by atoms with Crippen molar-refractivity contribution in [2.24, 2.45) is 0 Å². The number of rotatable bonds is 6. The molecule has 1 aromatic heterocycles. The Morgan fingerprint density at radius 1 is 1.24 bits per heavy atom. The number of carbonyl (C=O) groups excluding carboxylic acids is 2. The Kier molecular flexibility index (Phi) is 6.47. The third-order valence-electron chi connectivity index (χ3n) is 3.97. The molecule has 3 amide bonds. The van der Waals surface area contributed by atoms with Crippen molar-refractivity contribution in [1.29, 1.82) is 0 Å². The van der Waals surface area contributed by atoms with Crippen molar-refractivity contribution in [3.63, 3.8) is 0 Å². The van der Waals surface area contributed by atoms with Crippen molar-refractivity contribution >= 4 is 45.3 Å². The summed E-state index contributed by atoms with van der Waals surface area (Å²) in [7, 11) is 0. The highest BCUT2D eigenvalue weighted by Crippen LogP contribution is 2.29. The summed E-state index contributed by atoms with van der Waals surface area (Å²) in [6.07, 6.45) is 7.90. The largest absolute Gasteiger partial charge is 0.337 e. The fraction of sp³-hybridized carbons (Fsp3) is 0.389. The van der Waals surface area contributed by atoms with Crippen LogP contribution in [0.2, 0.25) is 0 Å². The first-order valence-corrected chi connectivity index (χ1v) is 10.2. The highest BCUT2D eigenvalue weighted by molar-refractivity contribution is 8.01. The van der Waals surface area contributed by atoms with Crippen LogP contribution in [0.15, 0.2) is 40.3 Å². The molecule has 1 aliphatic carbocycles. The van der Waals surface area contributed by atoms with E-state index in [9.17, 15) is 9.59 Å². The Bertz CT molecular complexity index is 752. The molecule has 0 saturated carbocycles. The summed E-state index contributed by atoms with van der Waals surface area (Å²) < 4.78 is 1.93. The minimum absolute atomic E-state index is 0.179. The summed E-state index contributed by atoms with van der Waals surface area (Å²) in [6.45, 7) is 0.565. The van der Waals surface area contributed by atoms with Gasteiger partial charge in [0.25, 0.3) is 0 Å². The van der Waals surface area contributed by atoms with Gasteiger partial charge in [-0.2, -0.15) is 0 Å². The number of thiazole rings is 1. The number of nitrogens with one attached hydrogen (secondary N) is 2. The molecule has 0 saturated heterocycles. The summed E-state index contributed by atoms with van der Waals surface area (Å²) in [5.74, 6) is -0.128. The number of para-hydroxylation sites is 1. The van der Waals surface area contributed by atoms with Gasteiger partial charge in [0.2, 0.25) is 5.91 Å². The van der Waals surface area contributed by atoms with E-state index in [1.165, 1.54) is 30.2 Å². The molecule has 132 valence electrons. The number of hydrogen-bond donors (Lipinski definition) is 2. The minimum Gasteiger partial charge on any atom is -0.337 e. The Morgan fingerprint density at radius 2 is 2.12 bits per heavy atom. The van der Waals surface area contributed by atoms with Gasteiger partial charge in [0.15, 0.2) is 4.34 Å². The second-order valence-electron chi connectivity index (χ2n) is 5.90. The second kappa shape index (κ2) is 9.01. The van der Waals surface area contributed by atoms with Gasteiger partial charge in [-0.3, -0.25) is 10.1 Å². The van der Waals surface area contributed by atoms with E-state index in [4.69, 9.17) is 0 Å². The normalized spacial score (nSPS) is 14.2. The third-order valence-corrected chi connectivity index (χ3v) is 6.15. The van der Waals surface area contributed by atoms with Gasteiger partial charge in [-0.25, -0.2) is 9.78 Å². The first-order chi connectivity index (χ1) is 12.2. The molecular formula is C18H21N3O2S2. The van der Waals surface area contributed by atoms with Crippen LogP contribution >= 0.6 is 23.1 Å². The van der Waals surface area contributed by atoms with Gasteiger partial charge in [0.05, 0.1) is 16.0 Å². The van der Waals surface area contributed by atoms with Gasteiger partial charge in [-0.05, 0) is 44.2 Å². The number of aromatic nitrogens is 1. The average Bonchev–Trinajstić information content (AvgIpc) is 3.04. The Balaban J connectivity index is 1.36. The van der Waals surface area contributed by atoms with E-state index in [0.29, 0.717) is 6.54 Å². The molecule has 0 fully saturated rings. The first kappa shape index (κ1) is 17.9. The molecule has 5 nitrogen and oxygen atoms in total. The smallest absolute Gasteiger partial charge is 0.321 e. The molecule has 0 aliphatic heterocycles. The number of amides is 3. The van der Waals surface area contributed by atoms with Gasteiger partial charge in [0, 0.05) is 6.54 Å². The highest BCUT2D eigenvalue weighted by Gasteiger charge is 2.11. The van der Waals surface area contributed by atoms with Crippen molar-refractivity contribution in [3.05, 3.63) is 35.9 Å². The number of urea groups is 1. The Morgan fingerprint density at radius 3 is 2.92 bits per heavy atom. The monoisotopic (exact) mass is 375 g/mol. The van der Waals surface area contributed by atoms with Gasteiger partial charge in [-0.15, -0.1) is 11.3 Å². The summed E-state index contributed by atoms with van der Waals surface area (Å²) in [6, 6.07) is 7.44.